The van der Waals surface area contributed by atoms with Crippen LogP contribution in [0.1, 0.15) is 5.56 Å². The van der Waals surface area contributed by atoms with E-state index in [1.54, 1.807) is 12.1 Å². The summed E-state index contributed by atoms with van der Waals surface area (Å²) in [6.07, 6.45) is 0. The first-order valence-electron chi connectivity index (χ1n) is 6.90. The lowest BCUT2D eigenvalue weighted by Gasteiger charge is -2.13. The summed E-state index contributed by atoms with van der Waals surface area (Å²) in [6.45, 7) is 0.0244. The fraction of sp³-hybridized carbons (Fsp3) is 0.176. The van der Waals surface area contributed by atoms with Crippen molar-refractivity contribution in [2.75, 3.05) is 25.5 Å². The Kier molecular flexibility index (Phi) is 5.67. The minimum Gasteiger partial charge on any atom is -0.377 e. The molecule has 0 saturated heterocycles. The van der Waals surface area contributed by atoms with Gasteiger partial charge in [-0.3, -0.25) is 0 Å². The topological polar surface area (TPSA) is 49.4 Å². The van der Waals surface area contributed by atoms with Crippen LogP contribution >= 0.6 is 11.6 Å². The number of sulfonamides is 1. The molecule has 0 aliphatic heterocycles. The predicted molar refractivity (Wildman–Crippen MR) is 94.3 cm³/mol. The first-order valence-corrected chi connectivity index (χ1v) is 8.77. The highest BCUT2D eigenvalue weighted by Gasteiger charge is 2.12. The van der Waals surface area contributed by atoms with Crippen LogP contribution < -0.4 is 9.62 Å². The van der Waals surface area contributed by atoms with Gasteiger partial charge in [0.1, 0.15) is 0 Å². The molecule has 2 aromatic carbocycles. The standard InChI is InChI=1S/C17H17ClN2O2S/c1-20(2)17-11-4-3-7-14(17)8-6-12-19-23(21,22)16-10-5-9-15(18)13-16/h3-5,7,9-11,13,19H,12H2,1-2H3. The Bertz CT molecular complexity index is 852. The molecule has 2 rings (SSSR count). The Morgan fingerprint density at radius 3 is 2.57 bits per heavy atom. The van der Waals surface area contributed by atoms with Crippen LogP contribution in [0.2, 0.25) is 5.02 Å². The van der Waals surface area contributed by atoms with Crippen molar-refractivity contribution in [3.63, 3.8) is 0 Å². The molecule has 0 spiro atoms. The third kappa shape index (κ3) is 4.73. The minimum absolute atomic E-state index is 0.0244. The zero-order chi connectivity index (χ0) is 16.9. The summed E-state index contributed by atoms with van der Waals surface area (Å²) in [5.74, 6) is 5.82. The molecule has 0 bridgehead atoms. The van der Waals surface area contributed by atoms with Crippen molar-refractivity contribution in [3.8, 4) is 11.8 Å². The first-order chi connectivity index (χ1) is 10.9. The molecule has 2 aromatic rings. The lowest BCUT2D eigenvalue weighted by Crippen LogP contribution is -2.24. The average Bonchev–Trinajstić information content (AvgIpc) is 2.52. The number of hydrogen-bond acceptors (Lipinski definition) is 3. The first kappa shape index (κ1) is 17.4. The molecule has 0 unspecified atom stereocenters. The maximum atomic E-state index is 12.1. The highest BCUT2D eigenvalue weighted by Crippen LogP contribution is 2.16. The van der Waals surface area contributed by atoms with Crippen LogP contribution in [0.15, 0.2) is 53.4 Å². The van der Waals surface area contributed by atoms with Crippen LogP contribution in [0.5, 0.6) is 0 Å². The zero-order valence-electron chi connectivity index (χ0n) is 12.9. The Labute approximate surface area is 142 Å². The van der Waals surface area contributed by atoms with E-state index in [0.29, 0.717) is 5.02 Å². The molecule has 0 saturated carbocycles. The van der Waals surface area contributed by atoms with Gasteiger partial charge in [-0.1, -0.05) is 41.6 Å². The molecule has 0 fully saturated rings. The molecule has 120 valence electrons. The van der Waals surface area contributed by atoms with E-state index in [2.05, 4.69) is 16.6 Å². The molecule has 0 atom stereocenters. The maximum absolute atomic E-state index is 12.1. The minimum atomic E-state index is -3.61. The highest BCUT2D eigenvalue weighted by atomic mass is 35.5. The van der Waals surface area contributed by atoms with Gasteiger partial charge in [0.25, 0.3) is 0 Å². The van der Waals surface area contributed by atoms with E-state index >= 15 is 0 Å². The second-order valence-electron chi connectivity index (χ2n) is 5.00. The SMILES string of the molecule is CN(C)c1ccccc1C#CCNS(=O)(=O)c1cccc(Cl)c1. The summed E-state index contributed by atoms with van der Waals surface area (Å²) in [6, 6.07) is 13.8. The average molecular weight is 349 g/mol. The van der Waals surface area contributed by atoms with Crippen molar-refractivity contribution >= 4 is 27.3 Å². The molecular weight excluding hydrogens is 332 g/mol. The molecule has 6 heteroatoms. The second kappa shape index (κ2) is 7.51. The van der Waals surface area contributed by atoms with Crippen LogP contribution in [0, 0.1) is 11.8 Å². The van der Waals surface area contributed by atoms with Gasteiger partial charge in [0.05, 0.1) is 17.1 Å². The number of rotatable bonds is 4. The third-order valence-corrected chi connectivity index (χ3v) is 4.70. The zero-order valence-corrected chi connectivity index (χ0v) is 14.4. The molecule has 0 radical (unpaired) electrons. The number of nitrogens with one attached hydrogen (secondary N) is 1. The summed E-state index contributed by atoms with van der Waals surface area (Å²) in [4.78, 5) is 2.08. The van der Waals surface area contributed by atoms with E-state index in [-0.39, 0.29) is 11.4 Å². The van der Waals surface area contributed by atoms with Crippen molar-refractivity contribution in [2.24, 2.45) is 0 Å². The number of para-hydroxylation sites is 1. The van der Waals surface area contributed by atoms with Crippen LogP contribution in [0.3, 0.4) is 0 Å². The predicted octanol–water partition coefficient (Wildman–Crippen LogP) is 2.74. The smallest absolute Gasteiger partial charge is 0.241 e. The summed E-state index contributed by atoms with van der Waals surface area (Å²) in [5, 5.41) is 0.374. The lowest BCUT2D eigenvalue weighted by molar-refractivity contribution is 0.586. The van der Waals surface area contributed by atoms with E-state index < -0.39 is 10.0 Å². The molecule has 1 N–H and O–H groups in total. The molecule has 4 nitrogen and oxygen atoms in total. The van der Waals surface area contributed by atoms with E-state index in [9.17, 15) is 8.42 Å². The highest BCUT2D eigenvalue weighted by molar-refractivity contribution is 7.89. The van der Waals surface area contributed by atoms with E-state index in [4.69, 9.17) is 11.6 Å². The van der Waals surface area contributed by atoms with Crippen molar-refractivity contribution in [1.29, 1.82) is 0 Å². The summed E-state index contributed by atoms with van der Waals surface area (Å²) in [5.41, 5.74) is 1.83. The van der Waals surface area contributed by atoms with Crippen LogP contribution in [0.4, 0.5) is 5.69 Å². The van der Waals surface area contributed by atoms with Crippen molar-refractivity contribution in [1.82, 2.24) is 4.72 Å². The van der Waals surface area contributed by atoms with Crippen LogP contribution in [-0.2, 0) is 10.0 Å². The Morgan fingerprint density at radius 2 is 1.87 bits per heavy atom. The molecule has 23 heavy (non-hydrogen) atoms. The van der Waals surface area contributed by atoms with E-state index in [1.807, 2.05) is 43.3 Å². The van der Waals surface area contributed by atoms with Crippen LogP contribution in [-0.4, -0.2) is 29.1 Å². The Morgan fingerprint density at radius 1 is 1.13 bits per heavy atom. The monoisotopic (exact) mass is 348 g/mol. The van der Waals surface area contributed by atoms with E-state index in [0.717, 1.165) is 11.3 Å². The fourth-order valence-corrected chi connectivity index (χ4v) is 3.18. The number of halogens is 1. The van der Waals surface area contributed by atoms with Gasteiger partial charge in [0.2, 0.25) is 10.0 Å². The normalized spacial score (nSPS) is 10.7. The van der Waals surface area contributed by atoms with Crippen molar-refractivity contribution in [3.05, 3.63) is 59.1 Å². The van der Waals surface area contributed by atoms with Gasteiger partial charge >= 0.3 is 0 Å². The Balaban J connectivity index is 2.09. The van der Waals surface area contributed by atoms with Crippen LogP contribution in [0.25, 0.3) is 0 Å². The van der Waals surface area contributed by atoms with Gasteiger partial charge in [-0.2, -0.15) is 4.72 Å². The second-order valence-corrected chi connectivity index (χ2v) is 7.20. The molecule has 0 aliphatic carbocycles. The van der Waals surface area contributed by atoms with E-state index in [1.165, 1.54) is 12.1 Å². The van der Waals surface area contributed by atoms with Gasteiger partial charge in [0, 0.05) is 24.7 Å². The molecular formula is C17H17ClN2O2S. The quantitative estimate of drug-likeness (QED) is 0.864. The molecule has 0 aromatic heterocycles. The largest absolute Gasteiger partial charge is 0.377 e. The fourth-order valence-electron chi connectivity index (χ4n) is 1.96. The third-order valence-electron chi connectivity index (χ3n) is 3.07. The number of hydrogen-bond donors (Lipinski definition) is 1. The van der Waals surface area contributed by atoms with Gasteiger partial charge in [-0.25, -0.2) is 8.42 Å². The summed E-state index contributed by atoms with van der Waals surface area (Å²) in [7, 11) is 0.255. The molecule has 0 amide bonds. The summed E-state index contributed by atoms with van der Waals surface area (Å²) < 4.78 is 26.7. The molecule has 0 aliphatic rings. The van der Waals surface area contributed by atoms with Crippen molar-refractivity contribution in [2.45, 2.75) is 4.90 Å². The van der Waals surface area contributed by atoms with Gasteiger partial charge in [0.15, 0.2) is 0 Å². The number of nitrogens with zero attached hydrogens (tertiary/aromatic N) is 1. The Hall–Kier alpha value is -2.00. The maximum Gasteiger partial charge on any atom is 0.241 e. The van der Waals surface area contributed by atoms with Gasteiger partial charge < -0.3 is 4.90 Å². The molecule has 0 heterocycles. The number of benzene rings is 2. The van der Waals surface area contributed by atoms with Gasteiger partial charge in [-0.05, 0) is 30.3 Å². The summed E-state index contributed by atoms with van der Waals surface area (Å²) >= 11 is 5.81. The number of anilines is 1. The van der Waals surface area contributed by atoms with Gasteiger partial charge in [-0.15, -0.1) is 0 Å². The lowest BCUT2D eigenvalue weighted by atomic mass is 10.1. The van der Waals surface area contributed by atoms with Crippen molar-refractivity contribution < 1.29 is 8.42 Å².